The molecule has 0 aliphatic rings. The second-order valence-electron chi connectivity index (χ2n) is 4.43. The van der Waals surface area contributed by atoms with Crippen molar-refractivity contribution in [1.29, 1.82) is 0 Å². The van der Waals surface area contributed by atoms with E-state index in [1.807, 2.05) is 0 Å². The molecule has 0 saturated heterocycles. The number of hydrogen-bond acceptors (Lipinski definition) is 6. The molecule has 0 aliphatic carbocycles. The molecule has 0 atom stereocenters. The van der Waals surface area contributed by atoms with Crippen molar-refractivity contribution < 1.29 is 19.4 Å². The molecule has 1 N–H and O–H groups in total. The topological polar surface area (TPSA) is 125 Å². The molecule has 0 bridgehead atoms. The minimum Gasteiger partial charge on any atom is -0.408 e. The fraction of sp³-hybridized carbons (Fsp3) is 0. The molecule has 0 spiro atoms. The van der Waals surface area contributed by atoms with Crippen LogP contribution in [-0.4, -0.2) is 15.9 Å². The molecule has 0 unspecified atom stereocenters. The monoisotopic (exact) mass is 493 g/mol. The zero-order valence-corrected chi connectivity index (χ0v) is 15.8. The van der Waals surface area contributed by atoms with Crippen LogP contribution in [0.25, 0.3) is 0 Å². The molecule has 12 heteroatoms. The third kappa shape index (κ3) is 4.65. The number of non-ortho nitro benzene ring substituents is 2. The Kier molecular flexibility index (Phi) is 5.93. The number of amides is 1. The Morgan fingerprint density at radius 2 is 1.60 bits per heavy atom. The number of ether oxygens (including phenoxy) is 1. The molecule has 0 heterocycles. The van der Waals surface area contributed by atoms with Gasteiger partial charge in [-0.3, -0.25) is 25.5 Å². The number of nitrogens with zero attached hydrogens (tertiary/aromatic N) is 2. The van der Waals surface area contributed by atoms with Crippen LogP contribution >= 0.6 is 43.5 Å². The van der Waals surface area contributed by atoms with Crippen molar-refractivity contribution in [2.24, 2.45) is 0 Å². The molecule has 1 amide bonds. The van der Waals surface area contributed by atoms with E-state index in [-0.39, 0.29) is 36.8 Å². The lowest BCUT2D eigenvalue weighted by atomic mass is 10.3. The highest BCUT2D eigenvalue weighted by Gasteiger charge is 2.19. The number of hydrogen-bond donors (Lipinski definition) is 1. The van der Waals surface area contributed by atoms with Crippen LogP contribution in [0.2, 0.25) is 5.02 Å². The predicted octanol–water partition coefficient (Wildman–Crippen LogP) is 5.29. The van der Waals surface area contributed by atoms with E-state index in [0.29, 0.717) is 0 Å². The van der Waals surface area contributed by atoms with Gasteiger partial charge in [-0.05, 0) is 37.9 Å². The highest BCUT2D eigenvalue weighted by Crippen LogP contribution is 2.37. The van der Waals surface area contributed by atoms with Crippen molar-refractivity contribution in [2.45, 2.75) is 0 Å². The summed E-state index contributed by atoms with van der Waals surface area (Å²) in [4.78, 5) is 32.2. The first-order chi connectivity index (χ1) is 11.7. The predicted molar refractivity (Wildman–Crippen MR) is 96.2 cm³/mol. The molecule has 0 aliphatic heterocycles. The van der Waals surface area contributed by atoms with E-state index < -0.39 is 15.9 Å². The summed E-state index contributed by atoms with van der Waals surface area (Å²) in [6.45, 7) is 0. The van der Waals surface area contributed by atoms with Gasteiger partial charge in [0.05, 0.1) is 29.5 Å². The molecule has 130 valence electrons. The standard InChI is InChI=1S/C13H6Br2ClN3O6/c14-8-3-7(19(23)24)4-9(15)12(8)25-13(20)17-11-2-1-6(18(21)22)5-10(11)16/h1-5H,(H,17,20). The first kappa shape index (κ1) is 19.1. The summed E-state index contributed by atoms with van der Waals surface area (Å²) in [6.07, 6.45) is -0.939. The third-order valence-electron chi connectivity index (χ3n) is 2.79. The Balaban J connectivity index is 2.18. The highest BCUT2D eigenvalue weighted by molar-refractivity contribution is 9.11. The molecule has 0 radical (unpaired) electrons. The van der Waals surface area contributed by atoms with Crippen LogP contribution in [0, 0.1) is 20.2 Å². The van der Waals surface area contributed by atoms with E-state index in [9.17, 15) is 25.0 Å². The molecular weight excluding hydrogens is 489 g/mol. The van der Waals surface area contributed by atoms with Gasteiger partial charge in [0.15, 0.2) is 5.75 Å². The lowest BCUT2D eigenvalue weighted by molar-refractivity contribution is -0.385. The normalized spacial score (nSPS) is 10.2. The summed E-state index contributed by atoms with van der Waals surface area (Å²) in [7, 11) is 0. The summed E-state index contributed by atoms with van der Waals surface area (Å²) in [5, 5.41) is 23.7. The van der Waals surface area contributed by atoms with E-state index in [1.54, 1.807) is 0 Å². The second-order valence-corrected chi connectivity index (χ2v) is 6.55. The van der Waals surface area contributed by atoms with Crippen LogP contribution in [0.15, 0.2) is 39.3 Å². The van der Waals surface area contributed by atoms with Crippen molar-refractivity contribution in [3.05, 3.63) is 64.5 Å². The number of carbonyl (C=O) groups is 1. The van der Waals surface area contributed by atoms with Gasteiger partial charge in [-0.15, -0.1) is 0 Å². The second kappa shape index (κ2) is 7.76. The van der Waals surface area contributed by atoms with E-state index in [4.69, 9.17) is 16.3 Å². The lowest BCUT2D eigenvalue weighted by Crippen LogP contribution is -2.17. The van der Waals surface area contributed by atoms with Gasteiger partial charge >= 0.3 is 6.09 Å². The molecule has 2 aromatic carbocycles. The number of carbonyl (C=O) groups excluding carboxylic acids is 1. The number of benzene rings is 2. The Bertz CT molecular complexity index is 869. The Labute approximate surface area is 161 Å². The fourth-order valence-corrected chi connectivity index (χ4v) is 3.24. The van der Waals surface area contributed by atoms with Crippen molar-refractivity contribution in [2.75, 3.05) is 5.32 Å². The van der Waals surface area contributed by atoms with E-state index in [0.717, 1.165) is 6.07 Å². The van der Waals surface area contributed by atoms with Gasteiger partial charge in [-0.2, -0.15) is 0 Å². The maximum absolute atomic E-state index is 12.0. The first-order valence-electron chi connectivity index (χ1n) is 6.25. The quantitative estimate of drug-likeness (QED) is 0.454. The zero-order valence-electron chi connectivity index (χ0n) is 11.9. The van der Waals surface area contributed by atoms with Gasteiger partial charge in [-0.25, -0.2) is 4.79 Å². The lowest BCUT2D eigenvalue weighted by Gasteiger charge is -2.10. The smallest absolute Gasteiger partial charge is 0.408 e. The van der Waals surface area contributed by atoms with Gasteiger partial charge in [0.25, 0.3) is 11.4 Å². The van der Waals surface area contributed by atoms with Gasteiger partial charge in [0.1, 0.15) is 0 Å². The Hall–Kier alpha value is -2.24. The summed E-state index contributed by atoms with van der Waals surface area (Å²) in [5.41, 5.74) is -0.332. The van der Waals surface area contributed by atoms with E-state index in [2.05, 4.69) is 37.2 Å². The zero-order chi connectivity index (χ0) is 18.7. The molecule has 2 aromatic rings. The number of anilines is 1. The molecular formula is C13H6Br2ClN3O6. The molecule has 0 fully saturated rings. The average molecular weight is 495 g/mol. The van der Waals surface area contributed by atoms with Gasteiger partial charge in [0, 0.05) is 24.3 Å². The van der Waals surface area contributed by atoms with Gasteiger partial charge in [0.2, 0.25) is 0 Å². The number of rotatable bonds is 4. The number of nitro groups is 2. The fourth-order valence-electron chi connectivity index (χ4n) is 1.70. The van der Waals surface area contributed by atoms with Gasteiger partial charge in [-0.1, -0.05) is 11.6 Å². The average Bonchev–Trinajstić information content (AvgIpc) is 2.52. The van der Waals surface area contributed by atoms with Crippen molar-refractivity contribution >= 4 is 66.6 Å². The van der Waals surface area contributed by atoms with Crippen LogP contribution in [0.1, 0.15) is 0 Å². The molecule has 25 heavy (non-hydrogen) atoms. The minimum atomic E-state index is -0.939. The van der Waals surface area contributed by atoms with Crippen LogP contribution in [0.3, 0.4) is 0 Å². The van der Waals surface area contributed by atoms with Crippen molar-refractivity contribution in [3.8, 4) is 5.75 Å². The summed E-state index contributed by atoms with van der Waals surface area (Å²) in [6, 6.07) is 5.84. The van der Waals surface area contributed by atoms with Crippen LogP contribution in [-0.2, 0) is 0 Å². The maximum Gasteiger partial charge on any atom is 0.417 e. The summed E-state index contributed by atoms with van der Waals surface area (Å²) >= 11 is 12.0. The third-order valence-corrected chi connectivity index (χ3v) is 4.28. The molecule has 0 aromatic heterocycles. The van der Waals surface area contributed by atoms with Crippen LogP contribution in [0.4, 0.5) is 21.9 Å². The largest absolute Gasteiger partial charge is 0.417 e. The van der Waals surface area contributed by atoms with E-state index >= 15 is 0 Å². The van der Waals surface area contributed by atoms with E-state index in [1.165, 1.54) is 24.3 Å². The van der Waals surface area contributed by atoms with Gasteiger partial charge < -0.3 is 4.74 Å². The summed E-state index contributed by atoms with van der Waals surface area (Å²) < 4.78 is 5.45. The number of halogens is 3. The Morgan fingerprint density at radius 3 is 2.08 bits per heavy atom. The highest BCUT2D eigenvalue weighted by atomic mass is 79.9. The van der Waals surface area contributed by atoms with Crippen molar-refractivity contribution in [1.82, 2.24) is 0 Å². The Morgan fingerprint density at radius 1 is 1.04 bits per heavy atom. The molecule has 2 rings (SSSR count). The van der Waals surface area contributed by atoms with Crippen molar-refractivity contribution in [3.63, 3.8) is 0 Å². The molecule has 9 nitrogen and oxygen atoms in total. The SMILES string of the molecule is O=C(Nc1ccc([N+](=O)[O-])cc1Cl)Oc1c(Br)cc([N+](=O)[O-])cc1Br. The van der Waals surface area contributed by atoms with Crippen LogP contribution in [0.5, 0.6) is 5.75 Å². The number of nitrogens with one attached hydrogen (secondary N) is 1. The maximum atomic E-state index is 12.0. The molecule has 0 saturated carbocycles. The first-order valence-corrected chi connectivity index (χ1v) is 8.21. The minimum absolute atomic E-state index is 0.0149. The number of nitro benzene ring substituents is 2. The summed E-state index contributed by atoms with van der Waals surface area (Å²) in [5.74, 6) is 0.0149. The van der Waals surface area contributed by atoms with Crippen LogP contribution < -0.4 is 10.1 Å².